The second-order valence-electron chi connectivity index (χ2n) is 8.71. The minimum atomic E-state index is -3.63. The molecule has 2 aliphatic heterocycles. The quantitative estimate of drug-likeness (QED) is 0.641. The van der Waals surface area contributed by atoms with Crippen LogP contribution in [0.4, 0.5) is 5.69 Å². The monoisotopic (exact) mass is 491 g/mol. The van der Waals surface area contributed by atoms with Gasteiger partial charge in [-0.25, -0.2) is 16.8 Å². The zero-order chi connectivity index (χ0) is 23.8. The first-order chi connectivity index (χ1) is 15.6. The molecule has 0 aromatic heterocycles. The van der Waals surface area contributed by atoms with Crippen LogP contribution in [0, 0.1) is 0 Å². The van der Waals surface area contributed by atoms with E-state index in [1.54, 1.807) is 41.3 Å². The van der Waals surface area contributed by atoms with E-state index in [1.165, 1.54) is 8.61 Å². The minimum absolute atomic E-state index is 0.113. The van der Waals surface area contributed by atoms with Crippen molar-refractivity contribution >= 4 is 31.6 Å². The van der Waals surface area contributed by atoms with Gasteiger partial charge in [-0.15, -0.1) is 0 Å². The van der Waals surface area contributed by atoms with Crippen molar-refractivity contribution in [2.24, 2.45) is 0 Å². The maximum absolute atomic E-state index is 13.0. The molecule has 0 spiro atoms. The molecule has 2 aliphatic rings. The van der Waals surface area contributed by atoms with Gasteiger partial charge in [0.15, 0.2) is 0 Å². The van der Waals surface area contributed by atoms with E-state index < -0.39 is 20.0 Å². The number of rotatable bonds is 5. The summed E-state index contributed by atoms with van der Waals surface area (Å²) in [6.45, 7) is 5.48. The largest absolute Gasteiger partial charge is 0.336 e. The summed E-state index contributed by atoms with van der Waals surface area (Å²) >= 11 is 0. The van der Waals surface area contributed by atoms with Crippen molar-refractivity contribution in [3.8, 4) is 0 Å². The van der Waals surface area contributed by atoms with Gasteiger partial charge in [-0.2, -0.15) is 4.31 Å². The topological polar surface area (TPSA) is 95.1 Å². The third kappa shape index (κ3) is 4.78. The molecule has 0 aliphatic carbocycles. The van der Waals surface area contributed by atoms with Gasteiger partial charge in [0.1, 0.15) is 0 Å². The van der Waals surface area contributed by atoms with Crippen LogP contribution < -0.4 is 4.31 Å². The van der Waals surface area contributed by atoms with Crippen molar-refractivity contribution < 1.29 is 21.6 Å². The van der Waals surface area contributed by atoms with Crippen LogP contribution in [-0.4, -0.2) is 70.4 Å². The number of piperazine rings is 1. The van der Waals surface area contributed by atoms with E-state index >= 15 is 0 Å². The van der Waals surface area contributed by atoms with E-state index in [2.05, 4.69) is 13.8 Å². The van der Waals surface area contributed by atoms with Gasteiger partial charge in [-0.3, -0.25) is 9.10 Å². The highest BCUT2D eigenvalue weighted by molar-refractivity contribution is 7.93. The Bertz CT molecular complexity index is 1230. The molecule has 2 heterocycles. The summed E-state index contributed by atoms with van der Waals surface area (Å²) in [5.41, 5.74) is 1.97. The summed E-state index contributed by atoms with van der Waals surface area (Å²) in [7, 11) is -6.96. The maximum Gasteiger partial charge on any atom is 0.254 e. The molecule has 4 rings (SSSR count). The van der Waals surface area contributed by atoms with Crippen LogP contribution in [0.25, 0.3) is 0 Å². The first-order valence-electron chi connectivity index (χ1n) is 11.1. The molecule has 0 atom stereocenters. The molecule has 1 amide bonds. The number of nitrogens with zero attached hydrogens (tertiary/aromatic N) is 3. The van der Waals surface area contributed by atoms with E-state index in [0.717, 1.165) is 5.56 Å². The number of sulfonamides is 2. The number of benzene rings is 2. The summed E-state index contributed by atoms with van der Waals surface area (Å²) in [4.78, 5) is 14.9. The molecule has 178 valence electrons. The summed E-state index contributed by atoms with van der Waals surface area (Å²) in [6, 6.07) is 13.6. The summed E-state index contributed by atoms with van der Waals surface area (Å²) in [5, 5.41) is 0. The fraction of sp³-hybridized carbons (Fsp3) is 0.435. The second kappa shape index (κ2) is 9.08. The maximum atomic E-state index is 13.0. The van der Waals surface area contributed by atoms with Gasteiger partial charge in [0, 0.05) is 38.3 Å². The number of carbonyl (C=O) groups is 1. The predicted molar refractivity (Wildman–Crippen MR) is 127 cm³/mol. The molecule has 33 heavy (non-hydrogen) atoms. The standard InChI is InChI=1S/C23H29N3O5S2/c1-18(2)19-7-9-22(10-8-19)33(30,31)25-14-12-24(13-15-25)23(27)20-5-3-6-21(17-20)26-11-4-16-32(26,28)29/h3,5-10,17-18H,4,11-16H2,1-2H3. The molecular formula is C23H29N3O5S2. The Morgan fingerprint density at radius 3 is 2.18 bits per heavy atom. The fourth-order valence-electron chi connectivity index (χ4n) is 4.21. The van der Waals surface area contributed by atoms with Gasteiger partial charge in [-0.1, -0.05) is 32.0 Å². The zero-order valence-corrected chi connectivity index (χ0v) is 20.5. The van der Waals surface area contributed by atoms with Gasteiger partial charge < -0.3 is 4.90 Å². The summed E-state index contributed by atoms with van der Waals surface area (Å²) < 4.78 is 53.2. The molecule has 10 heteroatoms. The Morgan fingerprint density at radius 1 is 0.939 bits per heavy atom. The van der Waals surface area contributed by atoms with E-state index in [-0.39, 0.29) is 42.7 Å². The molecule has 0 N–H and O–H groups in total. The molecule has 0 saturated carbocycles. The van der Waals surface area contributed by atoms with Crippen molar-refractivity contribution in [2.75, 3.05) is 42.8 Å². The Labute approximate surface area is 195 Å². The van der Waals surface area contributed by atoms with E-state index in [0.29, 0.717) is 30.1 Å². The van der Waals surface area contributed by atoms with Crippen LogP contribution in [0.2, 0.25) is 0 Å². The van der Waals surface area contributed by atoms with Crippen molar-refractivity contribution in [3.63, 3.8) is 0 Å². The number of carbonyl (C=O) groups excluding carboxylic acids is 1. The molecule has 2 saturated heterocycles. The molecule has 0 unspecified atom stereocenters. The van der Waals surface area contributed by atoms with Crippen molar-refractivity contribution in [2.45, 2.75) is 31.1 Å². The fourth-order valence-corrected chi connectivity index (χ4v) is 7.19. The molecule has 2 aromatic carbocycles. The van der Waals surface area contributed by atoms with Crippen LogP contribution >= 0.6 is 0 Å². The van der Waals surface area contributed by atoms with Gasteiger partial charge in [0.05, 0.1) is 16.3 Å². The van der Waals surface area contributed by atoms with Gasteiger partial charge in [0.2, 0.25) is 20.0 Å². The molecular weight excluding hydrogens is 462 g/mol. The Kier molecular flexibility index (Phi) is 6.52. The Morgan fingerprint density at radius 2 is 1.61 bits per heavy atom. The van der Waals surface area contributed by atoms with Gasteiger partial charge >= 0.3 is 0 Å². The van der Waals surface area contributed by atoms with E-state index in [4.69, 9.17) is 0 Å². The first kappa shape index (κ1) is 23.7. The van der Waals surface area contributed by atoms with Crippen LogP contribution in [0.5, 0.6) is 0 Å². The summed E-state index contributed by atoms with van der Waals surface area (Å²) in [6.07, 6.45) is 0.567. The lowest BCUT2D eigenvalue weighted by atomic mass is 10.0. The zero-order valence-electron chi connectivity index (χ0n) is 18.8. The molecule has 8 nitrogen and oxygen atoms in total. The van der Waals surface area contributed by atoms with Crippen LogP contribution in [0.3, 0.4) is 0 Å². The van der Waals surface area contributed by atoms with Crippen LogP contribution in [-0.2, 0) is 20.0 Å². The summed E-state index contributed by atoms with van der Waals surface area (Å²) in [5.74, 6) is 0.203. The molecule has 2 aromatic rings. The predicted octanol–water partition coefficient (Wildman–Crippen LogP) is 2.50. The number of amides is 1. The highest BCUT2D eigenvalue weighted by atomic mass is 32.2. The lowest BCUT2D eigenvalue weighted by molar-refractivity contribution is 0.0698. The smallest absolute Gasteiger partial charge is 0.254 e. The molecule has 2 fully saturated rings. The second-order valence-corrected chi connectivity index (χ2v) is 12.7. The highest BCUT2D eigenvalue weighted by Gasteiger charge is 2.32. The third-order valence-electron chi connectivity index (χ3n) is 6.19. The first-order valence-corrected chi connectivity index (χ1v) is 14.1. The normalized spacial score (nSPS) is 19.2. The van der Waals surface area contributed by atoms with Crippen molar-refractivity contribution in [3.05, 3.63) is 59.7 Å². The van der Waals surface area contributed by atoms with Crippen LogP contribution in [0.15, 0.2) is 53.4 Å². The van der Waals surface area contributed by atoms with E-state index in [1.807, 2.05) is 12.1 Å². The molecule has 0 radical (unpaired) electrons. The number of anilines is 1. The number of hydrogen-bond donors (Lipinski definition) is 0. The lowest BCUT2D eigenvalue weighted by Gasteiger charge is -2.34. The van der Waals surface area contributed by atoms with Gasteiger partial charge in [0.25, 0.3) is 5.91 Å². The van der Waals surface area contributed by atoms with E-state index in [9.17, 15) is 21.6 Å². The molecule has 0 bridgehead atoms. The van der Waals surface area contributed by atoms with Crippen molar-refractivity contribution in [1.29, 1.82) is 0 Å². The van der Waals surface area contributed by atoms with Gasteiger partial charge in [-0.05, 0) is 48.2 Å². The minimum Gasteiger partial charge on any atom is -0.336 e. The highest BCUT2D eigenvalue weighted by Crippen LogP contribution is 2.26. The Hall–Kier alpha value is -2.43. The SMILES string of the molecule is CC(C)c1ccc(S(=O)(=O)N2CCN(C(=O)c3cccc(N4CCCS4(=O)=O)c3)CC2)cc1. The van der Waals surface area contributed by atoms with Crippen molar-refractivity contribution in [1.82, 2.24) is 9.21 Å². The average Bonchev–Trinajstić information content (AvgIpc) is 3.17. The lowest BCUT2D eigenvalue weighted by Crippen LogP contribution is -2.50. The number of hydrogen-bond acceptors (Lipinski definition) is 5. The third-order valence-corrected chi connectivity index (χ3v) is 9.97. The van der Waals surface area contributed by atoms with Crippen LogP contribution in [0.1, 0.15) is 42.1 Å². The average molecular weight is 492 g/mol. The Balaban J connectivity index is 1.44.